The number of aromatic nitrogens is 2. The first kappa shape index (κ1) is 13.7. The highest BCUT2D eigenvalue weighted by Crippen LogP contribution is 2.13. The van der Waals surface area contributed by atoms with Gasteiger partial charge >= 0.3 is 0 Å². The van der Waals surface area contributed by atoms with Crippen molar-refractivity contribution in [2.45, 2.75) is 33.2 Å². The van der Waals surface area contributed by atoms with Gasteiger partial charge in [-0.2, -0.15) is 0 Å². The minimum absolute atomic E-state index is 0.722. The van der Waals surface area contributed by atoms with Crippen LogP contribution in [0.25, 0.3) is 0 Å². The van der Waals surface area contributed by atoms with Gasteiger partial charge in [0.05, 0.1) is 0 Å². The second-order valence-corrected chi connectivity index (χ2v) is 5.10. The quantitative estimate of drug-likeness (QED) is 0.800. The smallest absolute Gasteiger partial charge is 0.216 e. The highest BCUT2D eigenvalue weighted by molar-refractivity contribution is 5.30. The molecule has 0 aliphatic rings. The number of aryl methyl sites for hydroxylation is 3. The fraction of sp³-hybridized carbons (Fsp3) is 0.467. The Hall–Kier alpha value is -1.68. The third-order valence-corrected chi connectivity index (χ3v) is 3.28. The van der Waals surface area contributed by atoms with E-state index >= 15 is 0 Å². The Bertz CT molecular complexity index is 508. The van der Waals surface area contributed by atoms with Crippen LogP contribution in [0.4, 0.5) is 0 Å². The molecular formula is C15H21N3O. The predicted octanol–water partition coefficient (Wildman–Crippen LogP) is 2.75. The average molecular weight is 259 g/mol. The number of nitrogens with zero attached hydrogens (tertiary/aromatic N) is 3. The van der Waals surface area contributed by atoms with E-state index in [1.54, 1.807) is 0 Å². The van der Waals surface area contributed by atoms with E-state index in [1.165, 1.54) is 23.1 Å². The molecule has 0 aliphatic carbocycles. The van der Waals surface area contributed by atoms with Crippen molar-refractivity contribution in [2.24, 2.45) is 0 Å². The first-order valence-corrected chi connectivity index (χ1v) is 6.65. The normalized spacial score (nSPS) is 11.2. The van der Waals surface area contributed by atoms with Gasteiger partial charge in [-0.1, -0.05) is 23.8 Å². The fourth-order valence-electron chi connectivity index (χ4n) is 2.15. The summed E-state index contributed by atoms with van der Waals surface area (Å²) in [4.78, 5) is 2.33. The van der Waals surface area contributed by atoms with Gasteiger partial charge in [0.25, 0.3) is 0 Å². The van der Waals surface area contributed by atoms with Crippen LogP contribution in [0.1, 0.15) is 29.0 Å². The lowest BCUT2D eigenvalue weighted by atomic mass is 10.1. The SMILES string of the molecule is Cc1ccc(C)c(CN(C)CCCc2nnco2)c1. The number of benzene rings is 1. The second-order valence-electron chi connectivity index (χ2n) is 5.10. The maximum absolute atomic E-state index is 5.13. The zero-order chi connectivity index (χ0) is 13.7. The van der Waals surface area contributed by atoms with E-state index in [1.807, 2.05) is 0 Å². The highest BCUT2D eigenvalue weighted by Gasteiger charge is 2.05. The van der Waals surface area contributed by atoms with Gasteiger partial charge in [-0.15, -0.1) is 10.2 Å². The molecule has 0 saturated heterocycles. The molecule has 1 aromatic heterocycles. The molecule has 0 aliphatic heterocycles. The first-order chi connectivity index (χ1) is 9.15. The van der Waals surface area contributed by atoms with E-state index in [0.717, 1.165) is 31.8 Å². The Kier molecular flexibility index (Phi) is 4.68. The number of hydrogen-bond acceptors (Lipinski definition) is 4. The van der Waals surface area contributed by atoms with E-state index in [0.29, 0.717) is 0 Å². The highest BCUT2D eigenvalue weighted by atomic mass is 16.4. The summed E-state index contributed by atoms with van der Waals surface area (Å²) in [5.41, 5.74) is 4.08. The Morgan fingerprint density at radius 2 is 2.11 bits per heavy atom. The van der Waals surface area contributed by atoms with Crippen LogP contribution in [0.15, 0.2) is 29.0 Å². The lowest BCUT2D eigenvalue weighted by molar-refractivity contribution is 0.316. The summed E-state index contributed by atoms with van der Waals surface area (Å²) in [5, 5.41) is 7.57. The molecule has 102 valence electrons. The molecule has 0 bridgehead atoms. The molecule has 0 N–H and O–H groups in total. The lowest BCUT2D eigenvalue weighted by Gasteiger charge is -2.18. The maximum Gasteiger partial charge on any atom is 0.216 e. The molecule has 2 rings (SSSR count). The maximum atomic E-state index is 5.13. The molecule has 0 saturated carbocycles. The average Bonchev–Trinajstić information content (AvgIpc) is 2.87. The van der Waals surface area contributed by atoms with Crippen LogP contribution >= 0.6 is 0 Å². The van der Waals surface area contributed by atoms with Gasteiger partial charge in [-0.05, 0) is 45.0 Å². The van der Waals surface area contributed by atoms with Crippen molar-refractivity contribution >= 4 is 0 Å². The van der Waals surface area contributed by atoms with Crippen molar-refractivity contribution in [3.63, 3.8) is 0 Å². The van der Waals surface area contributed by atoms with Crippen molar-refractivity contribution < 1.29 is 4.42 Å². The summed E-state index contributed by atoms with van der Waals surface area (Å²) in [5.74, 6) is 0.722. The zero-order valence-electron chi connectivity index (χ0n) is 11.9. The third-order valence-electron chi connectivity index (χ3n) is 3.28. The molecule has 4 heteroatoms. The van der Waals surface area contributed by atoms with Gasteiger partial charge in [-0.25, -0.2) is 0 Å². The molecular weight excluding hydrogens is 238 g/mol. The van der Waals surface area contributed by atoms with Crippen molar-refractivity contribution in [3.05, 3.63) is 47.2 Å². The van der Waals surface area contributed by atoms with Gasteiger partial charge in [-0.3, -0.25) is 0 Å². The predicted molar refractivity (Wildman–Crippen MR) is 74.9 cm³/mol. The van der Waals surface area contributed by atoms with E-state index in [-0.39, 0.29) is 0 Å². The van der Waals surface area contributed by atoms with Crippen LogP contribution in [-0.2, 0) is 13.0 Å². The molecule has 2 aromatic rings. The minimum atomic E-state index is 0.722. The van der Waals surface area contributed by atoms with Gasteiger partial charge in [0.1, 0.15) is 0 Å². The molecule has 0 spiro atoms. The van der Waals surface area contributed by atoms with Gasteiger partial charge in [0.15, 0.2) is 0 Å². The van der Waals surface area contributed by atoms with Crippen molar-refractivity contribution in [1.29, 1.82) is 0 Å². The topological polar surface area (TPSA) is 42.2 Å². The summed E-state index contributed by atoms with van der Waals surface area (Å²) in [7, 11) is 2.15. The Morgan fingerprint density at radius 1 is 1.26 bits per heavy atom. The molecule has 0 radical (unpaired) electrons. The molecule has 19 heavy (non-hydrogen) atoms. The van der Waals surface area contributed by atoms with Crippen LogP contribution in [0.3, 0.4) is 0 Å². The third kappa shape index (κ3) is 4.17. The largest absolute Gasteiger partial charge is 0.428 e. The minimum Gasteiger partial charge on any atom is -0.428 e. The van der Waals surface area contributed by atoms with Gasteiger partial charge in [0, 0.05) is 13.0 Å². The summed E-state index contributed by atoms with van der Waals surface area (Å²) >= 11 is 0. The van der Waals surface area contributed by atoms with Crippen molar-refractivity contribution in [3.8, 4) is 0 Å². The van der Waals surface area contributed by atoms with Crippen LogP contribution in [0, 0.1) is 13.8 Å². The van der Waals surface area contributed by atoms with Crippen LogP contribution < -0.4 is 0 Å². The van der Waals surface area contributed by atoms with E-state index in [4.69, 9.17) is 4.42 Å². The zero-order valence-corrected chi connectivity index (χ0v) is 11.9. The standard InChI is InChI=1S/C15H21N3O/c1-12-6-7-13(2)14(9-12)10-18(3)8-4-5-15-17-16-11-19-15/h6-7,9,11H,4-5,8,10H2,1-3H3. The van der Waals surface area contributed by atoms with E-state index in [2.05, 4.69) is 54.2 Å². The molecule has 1 aromatic carbocycles. The Labute approximate surface area is 114 Å². The summed E-state index contributed by atoms with van der Waals surface area (Å²) in [6.45, 7) is 6.31. The molecule has 0 fully saturated rings. The van der Waals surface area contributed by atoms with Crippen molar-refractivity contribution in [1.82, 2.24) is 15.1 Å². The van der Waals surface area contributed by atoms with Gasteiger partial charge < -0.3 is 9.32 Å². The van der Waals surface area contributed by atoms with Crippen molar-refractivity contribution in [2.75, 3.05) is 13.6 Å². The Balaban J connectivity index is 1.80. The Morgan fingerprint density at radius 3 is 2.84 bits per heavy atom. The second kappa shape index (κ2) is 6.48. The molecule has 0 atom stereocenters. The summed E-state index contributed by atoms with van der Waals surface area (Å²) < 4.78 is 5.13. The molecule has 0 amide bonds. The van der Waals surface area contributed by atoms with Crippen LogP contribution in [0.2, 0.25) is 0 Å². The van der Waals surface area contributed by atoms with E-state index in [9.17, 15) is 0 Å². The lowest BCUT2D eigenvalue weighted by Crippen LogP contribution is -2.20. The van der Waals surface area contributed by atoms with Gasteiger partial charge in [0.2, 0.25) is 12.3 Å². The molecule has 4 nitrogen and oxygen atoms in total. The molecule has 0 unspecified atom stereocenters. The monoisotopic (exact) mass is 259 g/mol. The van der Waals surface area contributed by atoms with E-state index < -0.39 is 0 Å². The molecule has 1 heterocycles. The fourth-order valence-corrected chi connectivity index (χ4v) is 2.15. The number of hydrogen-bond donors (Lipinski definition) is 0. The summed E-state index contributed by atoms with van der Waals surface area (Å²) in [6, 6.07) is 6.62. The summed E-state index contributed by atoms with van der Waals surface area (Å²) in [6.07, 6.45) is 3.26. The van der Waals surface area contributed by atoms with Crippen LogP contribution in [-0.4, -0.2) is 28.7 Å². The first-order valence-electron chi connectivity index (χ1n) is 6.65. The van der Waals surface area contributed by atoms with Crippen LogP contribution in [0.5, 0.6) is 0 Å². The number of rotatable bonds is 6.